The Labute approximate surface area is 225 Å². The molecule has 208 valence electrons. The van der Waals surface area contributed by atoms with Crippen molar-refractivity contribution in [2.45, 2.75) is 81.3 Å². The van der Waals surface area contributed by atoms with Crippen LogP contribution in [0.3, 0.4) is 0 Å². The van der Waals surface area contributed by atoms with E-state index in [9.17, 15) is 24.3 Å². The van der Waals surface area contributed by atoms with E-state index in [1.54, 1.807) is 14.0 Å². The highest BCUT2D eigenvalue weighted by atomic mass is 16.8. The molecular formula is C29H32O10. The number of carbonyl (C=O) groups excluding carboxylic acids is 4. The summed E-state index contributed by atoms with van der Waals surface area (Å²) in [6.07, 6.45) is 5.00. The van der Waals surface area contributed by atoms with E-state index in [1.165, 1.54) is 0 Å². The van der Waals surface area contributed by atoms with Crippen LogP contribution in [0.25, 0.3) is 0 Å². The van der Waals surface area contributed by atoms with Crippen molar-refractivity contribution in [1.29, 1.82) is 0 Å². The van der Waals surface area contributed by atoms with Gasteiger partial charge in [0.25, 0.3) is 0 Å². The molecule has 12 atom stereocenters. The number of rotatable bonds is 1. The van der Waals surface area contributed by atoms with E-state index >= 15 is 0 Å². The molecule has 5 heterocycles. The largest absolute Gasteiger partial charge is 0.458 e. The summed E-state index contributed by atoms with van der Waals surface area (Å²) >= 11 is 0. The smallest absolute Gasteiger partial charge is 0.342 e. The molecule has 0 unspecified atom stereocenters. The Bertz CT molecular complexity index is 1350. The molecule has 0 amide bonds. The van der Waals surface area contributed by atoms with Gasteiger partial charge in [-0.2, -0.15) is 0 Å². The lowest BCUT2D eigenvalue weighted by molar-refractivity contribution is -0.370. The van der Waals surface area contributed by atoms with Crippen LogP contribution < -0.4 is 0 Å². The topological polar surface area (TPSA) is 135 Å². The van der Waals surface area contributed by atoms with Crippen molar-refractivity contribution in [3.63, 3.8) is 0 Å². The van der Waals surface area contributed by atoms with Crippen molar-refractivity contribution in [2.75, 3.05) is 13.7 Å². The first-order chi connectivity index (χ1) is 18.3. The van der Waals surface area contributed by atoms with Gasteiger partial charge in [0.1, 0.15) is 11.9 Å². The number of methoxy groups -OCH3 is 1. The van der Waals surface area contributed by atoms with E-state index < -0.39 is 80.9 Å². The lowest BCUT2D eigenvalue weighted by Crippen LogP contribution is -2.79. The molecule has 5 bridgehead atoms. The Kier molecular flexibility index (Phi) is 4.21. The lowest BCUT2D eigenvalue weighted by Gasteiger charge is -2.63. The number of carbonyl (C=O) groups is 4. The fourth-order valence-corrected chi connectivity index (χ4v) is 10.0. The minimum atomic E-state index is -2.21. The molecule has 8 aliphatic rings. The SMILES string of the molecule is CO[C@@H]1C=C2C=C[C@@H]3[C@H](CC[C@]4(O)C(=O)O[C@@]5(C)[C@H]6C[C@]7(C)[C@@H](CO[C@@]38O[C@@]54[C@H]7C8=O)C(=O)O6)[C@@]2(C)C(=O)C1. The highest BCUT2D eigenvalue weighted by molar-refractivity contribution is 6.00. The maximum atomic E-state index is 14.9. The first kappa shape index (κ1) is 24.4. The zero-order valence-electron chi connectivity index (χ0n) is 22.4. The number of hydrogen-bond donors (Lipinski definition) is 1. The standard InChI is InChI=1S/C29H32O10/c1-24-11-19-26(3)29-20(24)21(31)28(39-29,36-12-17(24)22(32)37-19)16-6-5-13-9-14(35-4)10-18(30)25(13,2)15(16)7-8-27(29,34)23(33)38-26/h5-6,9,14-17,19-20,34H,7-8,10-12H2,1-4H3/t14-,15+,16-,17+,19-,20+,24-,25+,26+,27+,28-,29+/m1/s1. The van der Waals surface area contributed by atoms with Gasteiger partial charge in [0, 0.05) is 19.4 Å². The molecule has 5 saturated heterocycles. The quantitative estimate of drug-likeness (QED) is 0.483. The fourth-order valence-electron chi connectivity index (χ4n) is 10.0. The minimum absolute atomic E-state index is 0.0485. The first-order valence-corrected chi connectivity index (χ1v) is 13.8. The number of fused-ring (bicyclic) bond motifs is 5. The monoisotopic (exact) mass is 540 g/mol. The van der Waals surface area contributed by atoms with Crippen molar-refractivity contribution in [3.05, 3.63) is 23.8 Å². The second-order valence-corrected chi connectivity index (χ2v) is 13.4. The van der Waals surface area contributed by atoms with Gasteiger partial charge in [0.2, 0.25) is 5.79 Å². The molecule has 0 aromatic rings. The molecule has 1 saturated carbocycles. The van der Waals surface area contributed by atoms with Crippen LogP contribution in [-0.4, -0.2) is 77.1 Å². The van der Waals surface area contributed by atoms with Crippen LogP contribution >= 0.6 is 0 Å². The number of aliphatic hydroxyl groups is 1. The minimum Gasteiger partial charge on any atom is -0.458 e. The molecule has 39 heavy (non-hydrogen) atoms. The predicted octanol–water partition coefficient (Wildman–Crippen LogP) is 1.18. The van der Waals surface area contributed by atoms with E-state index in [-0.39, 0.29) is 44.2 Å². The van der Waals surface area contributed by atoms with Gasteiger partial charge in [-0.3, -0.25) is 14.4 Å². The molecular weight excluding hydrogens is 508 g/mol. The summed E-state index contributed by atoms with van der Waals surface area (Å²) in [5, 5.41) is 12.4. The van der Waals surface area contributed by atoms with Gasteiger partial charge in [-0.25, -0.2) is 4.79 Å². The molecule has 8 rings (SSSR count). The summed E-state index contributed by atoms with van der Waals surface area (Å²) in [7, 11) is 1.56. The molecule has 0 aromatic carbocycles. The van der Waals surface area contributed by atoms with Crippen LogP contribution in [0.15, 0.2) is 23.8 Å². The molecule has 10 nitrogen and oxygen atoms in total. The fraction of sp³-hybridized carbons (Fsp3) is 0.724. The van der Waals surface area contributed by atoms with Crippen molar-refractivity contribution in [2.24, 2.45) is 34.5 Å². The molecule has 5 aliphatic heterocycles. The highest BCUT2D eigenvalue weighted by Crippen LogP contribution is 2.74. The van der Waals surface area contributed by atoms with Gasteiger partial charge in [-0.15, -0.1) is 0 Å². The maximum Gasteiger partial charge on any atom is 0.342 e. The van der Waals surface area contributed by atoms with Gasteiger partial charge < -0.3 is 28.8 Å². The lowest BCUT2D eigenvalue weighted by atomic mass is 9.46. The first-order valence-electron chi connectivity index (χ1n) is 13.8. The molecule has 0 radical (unpaired) electrons. The molecule has 2 spiro atoms. The number of hydrogen-bond acceptors (Lipinski definition) is 10. The summed E-state index contributed by atoms with van der Waals surface area (Å²) in [5.41, 5.74) is -6.88. The van der Waals surface area contributed by atoms with Crippen molar-refractivity contribution >= 4 is 23.5 Å². The van der Waals surface area contributed by atoms with Gasteiger partial charge in [-0.1, -0.05) is 25.2 Å². The van der Waals surface area contributed by atoms with Crippen molar-refractivity contribution < 1.29 is 48.0 Å². The molecule has 10 heteroatoms. The third-order valence-corrected chi connectivity index (χ3v) is 12.2. The van der Waals surface area contributed by atoms with Crippen molar-refractivity contribution in [3.8, 4) is 0 Å². The summed E-state index contributed by atoms with van der Waals surface area (Å²) in [4.78, 5) is 55.8. The Morgan fingerprint density at radius 1 is 1.13 bits per heavy atom. The second kappa shape index (κ2) is 6.73. The number of esters is 2. The second-order valence-electron chi connectivity index (χ2n) is 13.4. The van der Waals surface area contributed by atoms with Crippen LogP contribution in [0, 0.1) is 34.5 Å². The van der Waals surface area contributed by atoms with Crippen molar-refractivity contribution in [1.82, 2.24) is 0 Å². The zero-order valence-corrected chi connectivity index (χ0v) is 22.4. The normalized spacial score (nSPS) is 58.0. The summed E-state index contributed by atoms with van der Waals surface area (Å²) in [6.45, 7) is 5.19. The van der Waals surface area contributed by atoms with Gasteiger partial charge in [-0.05, 0) is 50.0 Å². The Balaban J connectivity index is 1.42. The number of ether oxygens (including phenoxy) is 5. The van der Waals surface area contributed by atoms with Crippen LogP contribution in [0.5, 0.6) is 0 Å². The summed E-state index contributed by atoms with van der Waals surface area (Å²) < 4.78 is 30.6. The third-order valence-electron chi connectivity index (χ3n) is 12.2. The maximum absolute atomic E-state index is 14.9. The van der Waals surface area contributed by atoms with E-state index in [4.69, 9.17) is 23.7 Å². The van der Waals surface area contributed by atoms with E-state index in [1.807, 2.05) is 32.1 Å². The predicted molar refractivity (Wildman–Crippen MR) is 129 cm³/mol. The Morgan fingerprint density at radius 2 is 1.90 bits per heavy atom. The van der Waals surface area contributed by atoms with Crippen LogP contribution in [-0.2, 0) is 42.9 Å². The molecule has 0 aromatic heterocycles. The van der Waals surface area contributed by atoms with Crippen LogP contribution in [0.4, 0.5) is 0 Å². The highest BCUT2D eigenvalue weighted by Gasteiger charge is 2.93. The number of allylic oxidation sites excluding steroid dienone is 2. The average Bonchev–Trinajstić information content (AvgIpc) is 3.21. The van der Waals surface area contributed by atoms with E-state index in [0.717, 1.165) is 5.57 Å². The number of ketones is 2. The van der Waals surface area contributed by atoms with Gasteiger partial charge >= 0.3 is 11.9 Å². The van der Waals surface area contributed by atoms with Crippen LogP contribution in [0.1, 0.15) is 46.5 Å². The zero-order chi connectivity index (χ0) is 27.5. The summed E-state index contributed by atoms with van der Waals surface area (Å²) in [5.74, 6) is -6.84. The number of Topliss-reactive ketones (excluding diaryl/α,β-unsaturated/α-hetero) is 2. The molecule has 6 fully saturated rings. The third kappa shape index (κ3) is 2.22. The van der Waals surface area contributed by atoms with Crippen LogP contribution in [0.2, 0.25) is 0 Å². The summed E-state index contributed by atoms with van der Waals surface area (Å²) in [6, 6.07) is 0. The Morgan fingerprint density at radius 3 is 2.64 bits per heavy atom. The van der Waals surface area contributed by atoms with E-state index in [0.29, 0.717) is 0 Å². The Hall–Kier alpha value is -2.40. The van der Waals surface area contributed by atoms with Gasteiger partial charge in [0.15, 0.2) is 22.6 Å². The van der Waals surface area contributed by atoms with Gasteiger partial charge in [0.05, 0.1) is 30.0 Å². The van der Waals surface area contributed by atoms with E-state index in [2.05, 4.69) is 0 Å². The molecule has 3 aliphatic carbocycles. The average molecular weight is 541 g/mol. The molecule has 1 N–H and O–H groups in total.